The largest absolute Gasteiger partial charge is 0.353 e. The molecule has 1 rings (SSSR count). The van der Waals surface area contributed by atoms with Crippen molar-refractivity contribution in [1.82, 2.24) is 4.98 Å². The summed E-state index contributed by atoms with van der Waals surface area (Å²) < 4.78 is 22.6. The maximum Gasteiger partial charge on any atom is 0.353 e. The summed E-state index contributed by atoms with van der Waals surface area (Å²) in [6.45, 7) is 4.07. The molecule has 90 valence electrons. The first-order chi connectivity index (χ1) is 7.64. The highest BCUT2D eigenvalue weighted by atomic mass is 31.2. The molecule has 0 bridgehead atoms. The van der Waals surface area contributed by atoms with Crippen molar-refractivity contribution in [2.24, 2.45) is 5.73 Å². The second kappa shape index (κ2) is 6.11. The molecular weight excluding hydrogens is 227 g/mol. The molecule has 0 saturated carbocycles. The first kappa shape index (κ1) is 13.3. The summed E-state index contributed by atoms with van der Waals surface area (Å²) in [6.07, 6.45) is 1.59. The number of hydrogen-bond donors (Lipinski definition) is 1. The molecule has 16 heavy (non-hydrogen) atoms. The lowest BCUT2D eigenvalue weighted by Crippen LogP contribution is -2.16. The number of pyridine rings is 1. The third kappa shape index (κ3) is 3.12. The molecule has 0 aliphatic heterocycles. The molecule has 5 nitrogen and oxygen atoms in total. The van der Waals surface area contributed by atoms with E-state index in [2.05, 4.69) is 4.98 Å². The fourth-order valence-corrected chi connectivity index (χ4v) is 2.86. The smallest absolute Gasteiger partial charge is 0.313 e. The fourth-order valence-electron chi connectivity index (χ4n) is 1.27. The average Bonchev–Trinajstić information content (AvgIpc) is 2.30. The van der Waals surface area contributed by atoms with Crippen molar-refractivity contribution in [3.05, 3.63) is 30.1 Å². The summed E-state index contributed by atoms with van der Waals surface area (Å²) in [4.78, 5) is 4.05. The SMILES string of the molecule is CCOP(=O)(OCC)C(N)c1ccccn1. The summed E-state index contributed by atoms with van der Waals surface area (Å²) in [5.74, 6) is -0.839. The molecule has 0 radical (unpaired) electrons. The zero-order chi connectivity index (χ0) is 12.0. The second-order valence-electron chi connectivity index (χ2n) is 3.07. The molecule has 0 saturated heterocycles. The van der Waals surface area contributed by atoms with Crippen LogP contribution in [0.4, 0.5) is 0 Å². The monoisotopic (exact) mass is 244 g/mol. The van der Waals surface area contributed by atoms with E-state index in [-0.39, 0.29) is 13.2 Å². The van der Waals surface area contributed by atoms with Gasteiger partial charge in [-0.25, -0.2) is 0 Å². The summed E-state index contributed by atoms with van der Waals surface area (Å²) >= 11 is 0. The van der Waals surface area contributed by atoms with Crippen LogP contribution in [0.5, 0.6) is 0 Å². The van der Waals surface area contributed by atoms with Crippen LogP contribution >= 0.6 is 7.60 Å². The van der Waals surface area contributed by atoms with Gasteiger partial charge in [0, 0.05) is 6.20 Å². The first-order valence-electron chi connectivity index (χ1n) is 5.19. The molecule has 0 aliphatic carbocycles. The highest BCUT2D eigenvalue weighted by molar-refractivity contribution is 7.54. The summed E-state index contributed by atoms with van der Waals surface area (Å²) in [5.41, 5.74) is 6.38. The van der Waals surface area contributed by atoms with Crippen molar-refractivity contribution >= 4 is 7.60 Å². The molecule has 0 aromatic carbocycles. The van der Waals surface area contributed by atoms with Crippen LogP contribution in [0.1, 0.15) is 25.3 Å². The van der Waals surface area contributed by atoms with Crippen LogP contribution in [0, 0.1) is 0 Å². The lowest BCUT2D eigenvalue weighted by atomic mass is 10.3. The third-order valence-corrected chi connectivity index (χ3v) is 4.13. The fraction of sp³-hybridized carbons (Fsp3) is 0.500. The zero-order valence-corrected chi connectivity index (χ0v) is 10.4. The van der Waals surface area contributed by atoms with E-state index < -0.39 is 13.4 Å². The van der Waals surface area contributed by atoms with Gasteiger partial charge >= 0.3 is 7.60 Å². The van der Waals surface area contributed by atoms with Gasteiger partial charge in [0.05, 0.1) is 18.9 Å². The zero-order valence-electron chi connectivity index (χ0n) is 9.50. The molecule has 0 fully saturated rings. The van der Waals surface area contributed by atoms with Gasteiger partial charge in [-0.2, -0.15) is 0 Å². The number of nitrogens with zero attached hydrogens (tertiary/aromatic N) is 1. The molecule has 0 spiro atoms. The maximum atomic E-state index is 12.3. The van der Waals surface area contributed by atoms with Crippen LogP contribution in [-0.4, -0.2) is 18.2 Å². The van der Waals surface area contributed by atoms with E-state index in [0.717, 1.165) is 0 Å². The average molecular weight is 244 g/mol. The quantitative estimate of drug-likeness (QED) is 0.777. The van der Waals surface area contributed by atoms with Crippen LogP contribution in [0.3, 0.4) is 0 Å². The molecular formula is C10H17N2O3P. The van der Waals surface area contributed by atoms with Crippen LogP contribution in [0.15, 0.2) is 24.4 Å². The van der Waals surface area contributed by atoms with E-state index in [9.17, 15) is 4.57 Å². The number of hydrogen-bond acceptors (Lipinski definition) is 5. The molecule has 2 N–H and O–H groups in total. The van der Waals surface area contributed by atoms with E-state index in [1.54, 1.807) is 38.2 Å². The minimum absolute atomic E-state index is 0.289. The predicted molar refractivity (Wildman–Crippen MR) is 62.0 cm³/mol. The molecule has 0 amide bonds. The van der Waals surface area contributed by atoms with Gasteiger partial charge in [-0.05, 0) is 26.0 Å². The molecule has 1 aromatic heterocycles. The van der Waals surface area contributed by atoms with Gasteiger partial charge in [0.1, 0.15) is 0 Å². The Morgan fingerprint density at radius 1 is 1.38 bits per heavy atom. The van der Waals surface area contributed by atoms with Gasteiger partial charge in [-0.1, -0.05) is 6.07 Å². The first-order valence-corrected chi connectivity index (χ1v) is 6.80. The van der Waals surface area contributed by atoms with E-state index in [4.69, 9.17) is 14.8 Å². The van der Waals surface area contributed by atoms with Gasteiger partial charge < -0.3 is 14.8 Å². The van der Waals surface area contributed by atoms with Crippen LogP contribution in [0.2, 0.25) is 0 Å². The Balaban J connectivity index is 2.91. The normalized spacial score (nSPS) is 13.7. The summed E-state index contributed by atoms with van der Waals surface area (Å²) in [5, 5.41) is 0. The standard InChI is InChI=1S/C10H17N2O3P/c1-3-14-16(13,15-4-2)10(11)9-7-5-6-8-12-9/h5-8,10H,3-4,11H2,1-2H3. The Hall–Kier alpha value is -0.740. The highest BCUT2D eigenvalue weighted by Gasteiger charge is 2.34. The molecule has 1 aromatic rings. The molecule has 1 heterocycles. The number of nitrogens with two attached hydrogens (primary N) is 1. The van der Waals surface area contributed by atoms with Gasteiger partial charge in [0.2, 0.25) is 0 Å². The summed E-state index contributed by atoms with van der Waals surface area (Å²) in [7, 11) is -3.32. The van der Waals surface area contributed by atoms with Crippen molar-refractivity contribution in [2.45, 2.75) is 19.6 Å². The van der Waals surface area contributed by atoms with Gasteiger partial charge in [0.15, 0.2) is 5.78 Å². The van der Waals surface area contributed by atoms with Gasteiger partial charge in [-0.3, -0.25) is 9.55 Å². The number of rotatable bonds is 6. The van der Waals surface area contributed by atoms with Crippen LogP contribution in [-0.2, 0) is 13.6 Å². The van der Waals surface area contributed by atoms with Gasteiger partial charge in [0.25, 0.3) is 0 Å². The Morgan fingerprint density at radius 3 is 2.44 bits per heavy atom. The lowest BCUT2D eigenvalue weighted by molar-refractivity contribution is 0.212. The van der Waals surface area contributed by atoms with Crippen LogP contribution in [0.25, 0.3) is 0 Å². The van der Waals surface area contributed by atoms with Gasteiger partial charge in [-0.15, -0.1) is 0 Å². The van der Waals surface area contributed by atoms with Crippen LogP contribution < -0.4 is 5.73 Å². The van der Waals surface area contributed by atoms with Crippen molar-refractivity contribution in [1.29, 1.82) is 0 Å². The molecule has 1 atom stereocenters. The minimum atomic E-state index is -3.32. The molecule has 1 unspecified atom stereocenters. The number of aromatic nitrogens is 1. The summed E-state index contributed by atoms with van der Waals surface area (Å²) in [6, 6.07) is 5.25. The predicted octanol–water partition coefficient (Wildman–Crippen LogP) is 2.31. The topological polar surface area (TPSA) is 74.4 Å². The van der Waals surface area contributed by atoms with Crippen molar-refractivity contribution in [3.8, 4) is 0 Å². The third-order valence-electron chi connectivity index (χ3n) is 1.95. The van der Waals surface area contributed by atoms with E-state index in [1.807, 2.05) is 0 Å². The van der Waals surface area contributed by atoms with Crippen molar-refractivity contribution in [2.75, 3.05) is 13.2 Å². The Morgan fingerprint density at radius 2 is 2.00 bits per heavy atom. The van der Waals surface area contributed by atoms with E-state index in [0.29, 0.717) is 5.69 Å². The highest BCUT2D eigenvalue weighted by Crippen LogP contribution is 2.57. The van der Waals surface area contributed by atoms with Crippen molar-refractivity contribution in [3.63, 3.8) is 0 Å². The molecule has 0 aliphatic rings. The lowest BCUT2D eigenvalue weighted by Gasteiger charge is -2.22. The van der Waals surface area contributed by atoms with E-state index in [1.165, 1.54) is 0 Å². The van der Waals surface area contributed by atoms with E-state index >= 15 is 0 Å². The Kier molecular flexibility index (Phi) is 5.09. The Bertz CT molecular complexity index is 348. The maximum absolute atomic E-state index is 12.3. The second-order valence-corrected chi connectivity index (χ2v) is 5.23. The Labute approximate surface area is 95.5 Å². The minimum Gasteiger partial charge on any atom is -0.313 e. The van der Waals surface area contributed by atoms with Crippen molar-refractivity contribution < 1.29 is 13.6 Å². The molecule has 6 heteroatoms.